The SMILES string of the molecule is CCc1c(C2(C)CCCC2)[nH]c(C=O)c1C(=O)O. The average Bonchev–Trinajstić information content (AvgIpc) is 2.92. The van der Waals surface area contributed by atoms with Crippen molar-refractivity contribution in [2.45, 2.75) is 51.4 Å². The zero-order valence-electron chi connectivity index (χ0n) is 10.9. The second-order valence-electron chi connectivity index (χ2n) is 5.31. The van der Waals surface area contributed by atoms with E-state index >= 15 is 0 Å². The molecule has 1 aromatic heterocycles. The molecule has 0 aliphatic heterocycles. The monoisotopic (exact) mass is 249 g/mol. The summed E-state index contributed by atoms with van der Waals surface area (Å²) in [6, 6.07) is 0. The lowest BCUT2D eigenvalue weighted by atomic mass is 9.82. The molecule has 0 unspecified atom stereocenters. The van der Waals surface area contributed by atoms with Crippen LogP contribution in [0.5, 0.6) is 0 Å². The third-order valence-corrected chi connectivity index (χ3v) is 4.13. The van der Waals surface area contributed by atoms with E-state index < -0.39 is 5.97 Å². The number of aromatic nitrogens is 1. The van der Waals surface area contributed by atoms with Gasteiger partial charge in [-0.3, -0.25) is 4.79 Å². The van der Waals surface area contributed by atoms with E-state index in [4.69, 9.17) is 0 Å². The first-order chi connectivity index (χ1) is 8.53. The first-order valence-corrected chi connectivity index (χ1v) is 6.47. The lowest BCUT2D eigenvalue weighted by molar-refractivity contribution is 0.0693. The van der Waals surface area contributed by atoms with Crippen LogP contribution in [0.4, 0.5) is 0 Å². The first-order valence-electron chi connectivity index (χ1n) is 6.47. The molecule has 0 amide bonds. The number of carbonyl (C=O) groups excluding carboxylic acids is 1. The number of aromatic carboxylic acids is 1. The van der Waals surface area contributed by atoms with Crippen LogP contribution in [0.1, 0.15) is 71.6 Å². The Morgan fingerprint density at radius 2 is 2.06 bits per heavy atom. The van der Waals surface area contributed by atoms with Gasteiger partial charge in [0.15, 0.2) is 6.29 Å². The normalized spacial score (nSPS) is 17.9. The Morgan fingerprint density at radius 1 is 1.44 bits per heavy atom. The molecule has 0 bridgehead atoms. The Bertz CT molecular complexity index is 481. The van der Waals surface area contributed by atoms with Crippen molar-refractivity contribution in [3.05, 3.63) is 22.5 Å². The summed E-state index contributed by atoms with van der Waals surface area (Å²) in [6.07, 6.45) is 5.69. The molecule has 4 nitrogen and oxygen atoms in total. The molecule has 2 rings (SSSR count). The molecule has 0 aromatic carbocycles. The zero-order valence-corrected chi connectivity index (χ0v) is 10.9. The molecular formula is C14H19NO3. The highest BCUT2D eigenvalue weighted by molar-refractivity contribution is 5.98. The van der Waals surface area contributed by atoms with E-state index in [9.17, 15) is 14.7 Å². The van der Waals surface area contributed by atoms with Gasteiger partial charge in [0.1, 0.15) is 0 Å². The topological polar surface area (TPSA) is 70.2 Å². The predicted molar refractivity (Wildman–Crippen MR) is 68.3 cm³/mol. The fourth-order valence-electron chi connectivity index (χ4n) is 3.17. The van der Waals surface area contributed by atoms with E-state index in [-0.39, 0.29) is 16.7 Å². The number of carbonyl (C=O) groups is 2. The summed E-state index contributed by atoms with van der Waals surface area (Å²) in [4.78, 5) is 25.4. The van der Waals surface area contributed by atoms with Crippen LogP contribution in [0, 0.1) is 0 Å². The molecule has 1 aliphatic carbocycles. The summed E-state index contributed by atoms with van der Waals surface area (Å²) in [7, 11) is 0. The maximum absolute atomic E-state index is 11.3. The molecular weight excluding hydrogens is 230 g/mol. The Morgan fingerprint density at radius 3 is 2.50 bits per heavy atom. The van der Waals surface area contributed by atoms with Gasteiger partial charge in [0, 0.05) is 11.1 Å². The molecule has 0 spiro atoms. The van der Waals surface area contributed by atoms with Crippen LogP contribution in [-0.4, -0.2) is 22.3 Å². The van der Waals surface area contributed by atoms with Gasteiger partial charge in [0.05, 0.1) is 11.3 Å². The number of carboxylic acid groups (broad SMARTS) is 1. The second kappa shape index (κ2) is 4.59. The Hall–Kier alpha value is -1.58. The van der Waals surface area contributed by atoms with Gasteiger partial charge in [0.25, 0.3) is 0 Å². The van der Waals surface area contributed by atoms with Crippen molar-refractivity contribution in [3.63, 3.8) is 0 Å². The summed E-state index contributed by atoms with van der Waals surface area (Å²) in [6.45, 7) is 4.09. The number of rotatable bonds is 4. The van der Waals surface area contributed by atoms with Gasteiger partial charge >= 0.3 is 5.97 Å². The fourth-order valence-corrected chi connectivity index (χ4v) is 3.17. The molecule has 0 radical (unpaired) electrons. The van der Waals surface area contributed by atoms with Crippen LogP contribution in [-0.2, 0) is 11.8 Å². The Kier molecular flexibility index (Phi) is 3.28. The Balaban J connectivity index is 2.61. The molecule has 18 heavy (non-hydrogen) atoms. The van der Waals surface area contributed by atoms with Crippen molar-refractivity contribution >= 4 is 12.3 Å². The molecule has 4 heteroatoms. The van der Waals surface area contributed by atoms with Crippen LogP contribution < -0.4 is 0 Å². The fraction of sp³-hybridized carbons (Fsp3) is 0.571. The highest BCUT2D eigenvalue weighted by Crippen LogP contribution is 2.42. The van der Waals surface area contributed by atoms with Gasteiger partial charge in [-0.05, 0) is 24.8 Å². The molecule has 1 saturated carbocycles. The molecule has 1 aliphatic rings. The van der Waals surface area contributed by atoms with Crippen molar-refractivity contribution in [3.8, 4) is 0 Å². The van der Waals surface area contributed by atoms with E-state index in [2.05, 4.69) is 11.9 Å². The predicted octanol–water partition coefficient (Wildman–Crippen LogP) is 2.92. The van der Waals surface area contributed by atoms with E-state index in [0.717, 1.165) is 36.9 Å². The maximum atomic E-state index is 11.3. The van der Waals surface area contributed by atoms with Crippen molar-refractivity contribution in [1.82, 2.24) is 4.98 Å². The summed E-state index contributed by atoms with van der Waals surface area (Å²) < 4.78 is 0. The minimum Gasteiger partial charge on any atom is -0.478 e. The minimum atomic E-state index is -1.02. The van der Waals surface area contributed by atoms with Crippen molar-refractivity contribution in [2.75, 3.05) is 0 Å². The number of H-pyrrole nitrogens is 1. The zero-order chi connectivity index (χ0) is 13.3. The number of nitrogens with one attached hydrogen (secondary N) is 1. The summed E-state index contributed by atoms with van der Waals surface area (Å²) in [5.41, 5.74) is 2.13. The summed E-state index contributed by atoms with van der Waals surface area (Å²) >= 11 is 0. The summed E-state index contributed by atoms with van der Waals surface area (Å²) in [5.74, 6) is -1.02. The number of aldehydes is 1. The van der Waals surface area contributed by atoms with Crippen molar-refractivity contribution < 1.29 is 14.7 Å². The highest BCUT2D eigenvalue weighted by Gasteiger charge is 2.36. The average molecular weight is 249 g/mol. The van der Waals surface area contributed by atoms with Crippen molar-refractivity contribution in [1.29, 1.82) is 0 Å². The third-order valence-electron chi connectivity index (χ3n) is 4.13. The quantitative estimate of drug-likeness (QED) is 0.806. The molecule has 1 heterocycles. The van der Waals surface area contributed by atoms with Crippen LogP contribution in [0.15, 0.2) is 0 Å². The molecule has 1 aromatic rings. The largest absolute Gasteiger partial charge is 0.478 e. The second-order valence-corrected chi connectivity index (χ2v) is 5.31. The van der Waals surface area contributed by atoms with Gasteiger partial charge in [-0.2, -0.15) is 0 Å². The minimum absolute atomic E-state index is 0.00317. The van der Waals surface area contributed by atoms with Crippen LogP contribution in [0.2, 0.25) is 0 Å². The van der Waals surface area contributed by atoms with Gasteiger partial charge in [-0.1, -0.05) is 26.7 Å². The van der Waals surface area contributed by atoms with Gasteiger partial charge in [-0.25, -0.2) is 4.79 Å². The first kappa shape index (κ1) is 12.9. The van der Waals surface area contributed by atoms with Crippen molar-refractivity contribution in [2.24, 2.45) is 0 Å². The highest BCUT2D eigenvalue weighted by atomic mass is 16.4. The van der Waals surface area contributed by atoms with Crippen LogP contribution >= 0.6 is 0 Å². The van der Waals surface area contributed by atoms with Gasteiger partial charge < -0.3 is 10.1 Å². The summed E-state index contributed by atoms with van der Waals surface area (Å²) in [5, 5.41) is 9.27. The number of carboxylic acids is 1. The van der Waals surface area contributed by atoms with Crippen LogP contribution in [0.3, 0.4) is 0 Å². The molecule has 98 valence electrons. The van der Waals surface area contributed by atoms with E-state index in [0.29, 0.717) is 12.7 Å². The molecule has 0 atom stereocenters. The Labute approximate surface area is 106 Å². The van der Waals surface area contributed by atoms with Gasteiger partial charge in [0.2, 0.25) is 0 Å². The molecule has 0 saturated heterocycles. The van der Waals surface area contributed by atoms with Gasteiger partial charge in [-0.15, -0.1) is 0 Å². The van der Waals surface area contributed by atoms with Crippen LogP contribution in [0.25, 0.3) is 0 Å². The van der Waals surface area contributed by atoms with E-state index in [1.165, 1.54) is 0 Å². The number of hydrogen-bond acceptors (Lipinski definition) is 2. The third kappa shape index (κ3) is 1.85. The lowest BCUT2D eigenvalue weighted by Crippen LogP contribution is -2.19. The maximum Gasteiger partial charge on any atom is 0.338 e. The number of aromatic amines is 1. The standard InChI is InChI=1S/C14H19NO3/c1-3-9-11(13(17)18)10(8-16)15-12(9)14(2)6-4-5-7-14/h8,15H,3-7H2,1-2H3,(H,17,18). The van der Waals surface area contributed by atoms with E-state index in [1.54, 1.807) is 0 Å². The molecule has 1 fully saturated rings. The smallest absolute Gasteiger partial charge is 0.338 e. The number of hydrogen-bond donors (Lipinski definition) is 2. The lowest BCUT2D eigenvalue weighted by Gasteiger charge is -2.24. The van der Waals surface area contributed by atoms with E-state index in [1.807, 2.05) is 6.92 Å². The molecule has 2 N–H and O–H groups in total.